The van der Waals surface area contributed by atoms with Crippen molar-refractivity contribution in [3.63, 3.8) is 0 Å². The SMILES string of the molecule is Cl.Clc1ccccc1/C=C/c1nn2c(-c3ccncc3)nnc2s1. The molecule has 1 aromatic carbocycles. The topological polar surface area (TPSA) is 56.0 Å². The van der Waals surface area contributed by atoms with Crippen LogP contribution in [0.2, 0.25) is 5.02 Å². The number of fused-ring (bicyclic) bond motifs is 1. The standard InChI is InChI=1S/C16H10ClN5S.ClH/c17-13-4-2-1-3-11(13)5-6-14-21-22-15(19-20-16(22)23-14)12-7-9-18-10-8-12;/h1-10H;1H/b6-5+;. The molecule has 3 aromatic heterocycles. The number of hydrogen-bond acceptors (Lipinski definition) is 5. The lowest BCUT2D eigenvalue weighted by atomic mass is 10.2. The van der Waals surface area contributed by atoms with Gasteiger partial charge in [0.05, 0.1) is 0 Å². The van der Waals surface area contributed by atoms with Gasteiger partial charge in [0.25, 0.3) is 0 Å². The smallest absolute Gasteiger partial charge is 0.235 e. The van der Waals surface area contributed by atoms with Crippen LogP contribution in [0.5, 0.6) is 0 Å². The summed E-state index contributed by atoms with van der Waals surface area (Å²) < 4.78 is 1.74. The van der Waals surface area contributed by atoms with Crippen molar-refractivity contribution >= 4 is 52.5 Å². The molecule has 0 spiro atoms. The molecule has 0 bridgehead atoms. The Bertz CT molecular complexity index is 994. The zero-order chi connectivity index (χ0) is 15.6. The van der Waals surface area contributed by atoms with Crippen LogP contribution < -0.4 is 0 Å². The number of hydrogen-bond donors (Lipinski definition) is 0. The maximum Gasteiger partial charge on any atom is 0.235 e. The van der Waals surface area contributed by atoms with Crippen LogP contribution in [0.15, 0.2) is 48.8 Å². The van der Waals surface area contributed by atoms with Crippen LogP contribution in [0.3, 0.4) is 0 Å². The average Bonchev–Trinajstić information content (AvgIpc) is 3.15. The number of aromatic nitrogens is 5. The lowest BCUT2D eigenvalue weighted by Crippen LogP contribution is -1.90. The summed E-state index contributed by atoms with van der Waals surface area (Å²) in [4.78, 5) is 4.76. The van der Waals surface area contributed by atoms with Crippen LogP contribution in [0.4, 0.5) is 0 Å². The van der Waals surface area contributed by atoms with Crippen LogP contribution in [0, 0.1) is 0 Å². The molecule has 4 aromatic rings. The molecule has 0 saturated carbocycles. The van der Waals surface area contributed by atoms with E-state index in [1.165, 1.54) is 11.3 Å². The molecular formula is C16H11Cl2N5S. The van der Waals surface area contributed by atoms with Crippen LogP contribution in [0.25, 0.3) is 28.5 Å². The van der Waals surface area contributed by atoms with Crippen molar-refractivity contribution in [1.29, 1.82) is 0 Å². The van der Waals surface area contributed by atoms with E-state index < -0.39 is 0 Å². The first-order valence-electron chi connectivity index (χ1n) is 6.86. The minimum Gasteiger partial charge on any atom is -0.265 e. The molecule has 24 heavy (non-hydrogen) atoms. The lowest BCUT2D eigenvalue weighted by Gasteiger charge is -1.95. The molecule has 0 aliphatic rings. The Morgan fingerprint density at radius 3 is 2.58 bits per heavy atom. The van der Waals surface area contributed by atoms with E-state index in [4.69, 9.17) is 11.6 Å². The number of nitrogens with zero attached hydrogens (tertiary/aromatic N) is 5. The highest BCUT2D eigenvalue weighted by atomic mass is 35.5. The maximum atomic E-state index is 6.15. The predicted octanol–water partition coefficient (Wildman–Crippen LogP) is 4.49. The molecule has 8 heteroatoms. The predicted molar refractivity (Wildman–Crippen MR) is 99.5 cm³/mol. The third-order valence-corrected chi connectivity index (χ3v) is 4.46. The molecule has 5 nitrogen and oxygen atoms in total. The van der Waals surface area contributed by atoms with Gasteiger partial charge in [-0.1, -0.05) is 47.2 Å². The molecule has 120 valence electrons. The van der Waals surface area contributed by atoms with Crippen LogP contribution in [-0.4, -0.2) is 24.8 Å². The Labute approximate surface area is 153 Å². The highest BCUT2D eigenvalue weighted by molar-refractivity contribution is 7.17. The molecule has 4 rings (SSSR count). The maximum absolute atomic E-state index is 6.15. The zero-order valence-electron chi connectivity index (χ0n) is 12.2. The fraction of sp³-hybridized carbons (Fsp3) is 0. The minimum absolute atomic E-state index is 0. The van der Waals surface area contributed by atoms with Gasteiger partial charge >= 0.3 is 0 Å². The summed E-state index contributed by atoms with van der Waals surface area (Å²) in [7, 11) is 0. The van der Waals surface area contributed by atoms with E-state index in [-0.39, 0.29) is 12.4 Å². The normalized spacial score (nSPS) is 11.0. The first kappa shape index (κ1) is 16.6. The van der Waals surface area contributed by atoms with Gasteiger partial charge in [0, 0.05) is 23.0 Å². The van der Waals surface area contributed by atoms with Crippen molar-refractivity contribution in [3.8, 4) is 11.4 Å². The first-order valence-corrected chi connectivity index (χ1v) is 8.06. The fourth-order valence-corrected chi connectivity index (χ4v) is 3.09. The van der Waals surface area contributed by atoms with Crippen LogP contribution in [0.1, 0.15) is 10.6 Å². The summed E-state index contributed by atoms with van der Waals surface area (Å²) in [6.45, 7) is 0. The number of halogens is 2. The van der Waals surface area contributed by atoms with Crippen molar-refractivity contribution in [2.75, 3.05) is 0 Å². The van der Waals surface area contributed by atoms with Gasteiger partial charge in [0.2, 0.25) is 4.96 Å². The van der Waals surface area contributed by atoms with Crippen LogP contribution >= 0.6 is 35.3 Å². The first-order chi connectivity index (χ1) is 11.3. The highest BCUT2D eigenvalue weighted by Crippen LogP contribution is 2.23. The van der Waals surface area contributed by atoms with Gasteiger partial charge in [0.15, 0.2) is 5.82 Å². The van der Waals surface area contributed by atoms with E-state index in [2.05, 4.69) is 20.3 Å². The monoisotopic (exact) mass is 375 g/mol. The highest BCUT2D eigenvalue weighted by Gasteiger charge is 2.12. The largest absolute Gasteiger partial charge is 0.265 e. The summed E-state index contributed by atoms with van der Waals surface area (Å²) >= 11 is 7.62. The van der Waals surface area contributed by atoms with Gasteiger partial charge in [-0.05, 0) is 29.8 Å². The van der Waals surface area contributed by atoms with Gasteiger partial charge in [-0.15, -0.1) is 22.6 Å². The molecule has 0 atom stereocenters. The Hall–Kier alpha value is -2.28. The molecule has 0 amide bonds. The van der Waals surface area contributed by atoms with E-state index in [1.807, 2.05) is 48.6 Å². The third-order valence-electron chi connectivity index (χ3n) is 3.26. The van der Waals surface area contributed by atoms with E-state index in [0.717, 1.165) is 21.1 Å². The Balaban J connectivity index is 0.00000169. The second-order valence-electron chi connectivity index (χ2n) is 4.75. The Morgan fingerprint density at radius 2 is 1.79 bits per heavy atom. The quantitative estimate of drug-likeness (QED) is 0.529. The minimum atomic E-state index is 0. The molecule has 0 unspecified atom stereocenters. The van der Waals surface area contributed by atoms with Gasteiger partial charge in [-0.2, -0.15) is 9.61 Å². The summed E-state index contributed by atoms with van der Waals surface area (Å²) in [5.41, 5.74) is 1.88. The molecule has 0 aliphatic carbocycles. The summed E-state index contributed by atoms with van der Waals surface area (Å²) in [6, 6.07) is 11.4. The Morgan fingerprint density at radius 1 is 1.00 bits per heavy atom. The van der Waals surface area contributed by atoms with E-state index in [1.54, 1.807) is 16.9 Å². The summed E-state index contributed by atoms with van der Waals surface area (Å²) in [6.07, 6.45) is 7.32. The molecule has 3 heterocycles. The van der Waals surface area contributed by atoms with E-state index >= 15 is 0 Å². The fourth-order valence-electron chi connectivity index (χ4n) is 2.15. The molecule has 0 radical (unpaired) electrons. The van der Waals surface area contributed by atoms with Gasteiger partial charge in [-0.3, -0.25) is 4.98 Å². The number of rotatable bonds is 3. The van der Waals surface area contributed by atoms with E-state index in [9.17, 15) is 0 Å². The van der Waals surface area contributed by atoms with Gasteiger partial charge in [0.1, 0.15) is 5.01 Å². The van der Waals surface area contributed by atoms with Crippen molar-refractivity contribution in [2.24, 2.45) is 0 Å². The molecule has 0 saturated heterocycles. The third kappa shape index (κ3) is 3.17. The molecular weight excluding hydrogens is 365 g/mol. The average molecular weight is 376 g/mol. The lowest BCUT2D eigenvalue weighted by molar-refractivity contribution is 0.959. The summed E-state index contributed by atoms with van der Waals surface area (Å²) in [5.74, 6) is 0.705. The second-order valence-corrected chi connectivity index (χ2v) is 6.14. The molecule has 0 fully saturated rings. The van der Waals surface area contributed by atoms with Crippen molar-refractivity contribution in [3.05, 3.63) is 64.4 Å². The second kappa shape index (κ2) is 7.09. The number of pyridine rings is 1. The Kier molecular flexibility index (Phi) is 4.89. The zero-order valence-corrected chi connectivity index (χ0v) is 14.6. The van der Waals surface area contributed by atoms with Gasteiger partial charge < -0.3 is 0 Å². The van der Waals surface area contributed by atoms with Crippen molar-refractivity contribution in [2.45, 2.75) is 0 Å². The van der Waals surface area contributed by atoms with Crippen molar-refractivity contribution < 1.29 is 0 Å². The van der Waals surface area contributed by atoms with Crippen molar-refractivity contribution in [1.82, 2.24) is 24.8 Å². The summed E-state index contributed by atoms with van der Waals surface area (Å²) in [5, 5.41) is 14.5. The molecule has 0 aliphatic heterocycles. The molecule has 0 N–H and O–H groups in total. The van der Waals surface area contributed by atoms with E-state index in [0.29, 0.717) is 10.8 Å². The number of benzene rings is 1. The van der Waals surface area contributed by atoms with Crippen LogP contribution in [-0.2, 0) is 0 Å². The van der Waals surface area contributed by atoms with Gasteiger partial charge in [-0.25, -0.2) is 0 Å².